The van der Waals surface area contributed by atoms with Gasteiger partial charge in [0.2, 0.25) is 0 Å². The van der Waals surface area contributed by atoms with Crippen molar-refractivity contribution >= 4 is 11.9 Å². The second kappa shape index (κ2) is 3.73. The average molecular weight is 198 g/mol. The van der Waals surface area contributed by atoms with Gasteiger partial charge in [-0.25, -0.2) is 9.71 Å². The zero-order valence-corrected chi connectivity index (χ0v) is 7.12. The number of rotatable bonds is 1. The first kappa shape index (κ1) is 9.97. The maximum Gasteiger partial charge on any atom is 0.346 e. The molecule has 5 nitrogen and oxygen atoms in total. The Kier molecular flexibility index (Phi) is 2.66. The number of carbonyl (C=O) groups is 1. The molecule has 74 valence electrons. The Morgan fingerprint density at radius 1 is 1.57 bits per heavy atom. The largest absolute Gasteiger partial charge is 0.507 e. The van der Waals surface area contributed by atoms with Crippen molar-refractivity contribution in [1.29, 1.82) is 0 Å². The Morgan fingerprint density at radius 2 is 2.21 bits per heavy atom. The van der Waals surface area contributed by atoms with Crippen molar-refractivity contribution < 1.29 is 19.7 Å². The van der Waals surface area contributed by atoms with E-state index < -0.39 is 11.7 Å². The highest BCUT2D eigenvalue weighted by Gasteiger charge is 2.15. The molecule has 6 heteroatoms. The van der Waals surface area contributed by atoms with E-state index in [2.05, 4.69) is 0 Å². The maximum absolute atomic E-state index is 12.7. The van der Waals surface area contributed by atoms with Gasteiger partial charge in [-0.2, -0.15) is 0 Å². The zero-order chi connectivity index (χ0) is 10.7. The maximum atomic E-state index is 12.7. The zero-order valence-electron chi connectivity index (χ0n) is 7.12. The average Bonchev–Trinajstić information content (AvgIpc) is 2.08. The summed E-state index contributed by atoms with van der Waals surface area (Å²) in [5.41, 5.74) is 4.78. The van der Waals surface area contributed by atoms with E-state index in [0.29, 0.717) is 0 Å². The van der Waals surface area contributed by atoms with Crippen LogP contribution in [-0.2, 0) is 0 Å². The first-order valence-corrected chi connectivity index (χ1v) is 3.68. The summed E-state index contributed by atoms with van der Waals surface area (Å²) >= 11 is 0. The number of guanidine groups is 1. The van der Waals surface area contributed by atoms with Crippen LogP contribution in [0, 0.1) is 5.82 Å². The van der Waals surface area contributed by atoms with Gasteiger partial charge in [-0.1, -0.05) is 0 Å². The summed E-state index contributed by atoms with van der Waals surface area (Å²) in [5.74, 6) is -2.06. The minimum atomic E-state index is -0.762. The van der Waals surface area contributed by atoms with E-state index in [9.17, 15) is 14.3 Å². The monoisotopic (exact) mass is 198 g/mol. The summed E-state index contributed by atoms with van der Waals surface area (Å²) in [7, 11) is 0. The fourth-order valence-electron chi connectivity index (χ4n) is 0.889. The van der Waals surface area contributed by atoms with E-state index in [1.807, 2.05) is 5.32 Å². The molecule has 0 aliphatic rings. The van der Waals surface area contributed by atoms with E-state index in [0.717, 1.165) is 18.2 Å². The molecule has 0 aromatic heterocycles. The first-order chi connectivity index (χ1) is 6.50. The van der Waals surface area contributed by atoms with Crippen LogP contribution in [0.15, 0.2) is 18.2 Å². The van der Waals surface area contributed by atoms with Gasteiger partial charge in [-0.15, -0.1) is 0 Å². The lowest BCUT2D eigenvalue weighted by Crippen LogP contribution is -2.56. The molecule has 0 bridgehead atoms. The van der Waals surface area contributed by atoms with Crippen molar-refractivity contribution in [2.75, 3.05) is 0 Å². The minimum absolute atomic E-state index is 0.224. The van der Waals surface area contributed by atoms with Gasteiger partial charge in [-0.05, 0) is 18.2 Å². The van der Waals surface area contributed by atoms with Gasteiger partial charge in [0.25, 0.3) is 0 Å². The molecule has 0 unspecified atom stereocenters. The third-order valence-corrected chi connectivity index (χ3v) is 1.46. The molecule has 0 aliphatic carbocycles. The molecule has 0 saturated heterocycles. The molecule has 0 heterocycles. The van der Waals surface area contributed by atoms with Gasteiger partial charge in [0.05, 0.1) is 0 Å². The summed E-state index contributed by atoms with van der Waals surface area (Å²) in [6.45, 7) is 0. The third-order valence-electron chi connectivity index (χ3n) is 1.46. The van der Waals surface area contributed by atoms with Crippen molar-refractivity contribution in [2.45, 2.75) is 0 Å². The smallest absolute Gasteiger partial charge is 0.346 e. The molecule has 14 heavy (non-hydrogen) atoms. The molecular formula is C8H9FN3O2+. The fraction of sp³-hybridized carbons (Fsp3) is 0. The molecule has 0 saturated carbocycles. The van der Waals surface area contributed by atoms with E-state index in [1.54, 1.807) is 0 Å². The van der Waals surface area contributed by atoms with E-state index >= 15 is 0 Å². The predicted octanol–water partition coefficient (Wildman–Crippen LogP) is -1.67. The molecule has 1 rings (SSSR count). The molecule has 6 N–H and O–H groups in total. The number of halogens is 1. The molecule has 0 radical (unpaired) electrons. The second-order valence-corrected chi connectivity index (χ2v) is 2.57. The van der Waals surface area contributed by atoms with Crippen LogP contribution >= 0.6 is 0 Å². The summed E-state index contributed by atoms with van der Waals surface area (Å²) < 4.78 is 12.7. The van der Waals surface area contributed by atoms with Gasteiger partial charge in [0, 0.05) is 0 Å². The molecule has 0 spiro atoms. The molecule has 0 atom stereocenters. The number of phenolic OH excluding ortho intramolecular Hbond substituents is 1. The number of carbonyl (C=O) groups excluding carboxylic acids is 1. The van der Waals surface area contributed by atoms with Gasteiger partial charge in [0.15, 0.2) is 0 Å². The summed E-state index contributed by atoms with van der Waals surface area (Å²) in [4.78, 5) is 11.2. The van der Waals surface area contributed by atoms with E-state index in [-0.39, 0.29) is 17.3 Å². The second-order valence-electron chi connectivity index (χ2n) is 2.57. The van der Waals surface area contributed by atoms with Crippen LogP contribution in [0.3, 0.4) is 0 Å². The molecular weight excluding hydrogens is 189 g/mol. The summed E-state index contributed by atoms with van der Waals surface area (Å²) in [5, 5.41) is 16.2. The topological polar surface area (TPSA) is 101 Å². The van der Waals surface area contributed by atoms with Crippen LogP contribution in [0.25, 0.3) is 0 Å². The SMILES string of the molecule is NC(=[NH2+])NC(=O)c1cc(F)ccc1O. The lowest BCUT2D eigenvalue weighted by Gasteiger charge is -2.00. The highest BCUT2D eigenvalue weighted by Crippen LogP contribution is 2.17. The minimum Gasteiger partial charge on any atom is -0.507 e. The standard InChI is InChI=1S/C8H8FN3O2/c9-4-1-2-6(13)5(3-4)7(14)12-8(10)11/h1-3,13H,(H4,10,11,12,14)/p+1. The Bertz CT molecular complexity index is 392. The van der Waals surface area contributed by atoms with E-state index in [4.69, 9.17) is 11.1 Å². The van der Waals surface area contributed by atoms with Gasteiger partial charge in [0.1, 0.15) is 17.1 Å². The number of benzene rings is 1. The normalized spacial score (nSPS) is 9.50. The van der Waals surface area contributed by atoms with Crippen molar-refractivity contribution in [3.8, 4) is 5.75 Å². The molecule has 1 aromatic carbocycles. The van der Waals surface area contributed by atoms with Gasteiger partial charge >= 0.3 is 11.9 Å². The number of amides is 1. The Morgan fingerprint density at radius 3 is 2.79 bits per heavy atom. The van der Waals surface area contributed by atoms with Crippen LogP contribution in [0.1, 0.15) is 10.4 Å². The summed E-state index contributed by atoms with van der Waals surface area (Å²) in [6.07, 6.45) is 0. The number of aromatic hydroxyl groups is 1. The number of phenols is 1. The van der Waals surface area contributed by atoms with Crippen LogP contribution < -0.4 is 16.5 Å². The quantitative estimate of drug-likeness (QED) is 0.321. The lowest BCUT2D eigenvalue weighted by molar-refractivity contribution is -0.119. The van der Waals surface area contributed by atoms with Crippen molar-refractivity contribution in [3.63, 3.8) is 0 Å². The van der Waals surface area contributed by atoms with Crippen LogP contribution in [0.4, 0.5) is 4.39 Å². The Balaban J connectivity index is 3.00. The first-order valence-electron chi connectivity index (χ1n) is 3.68. The van der Waals surface area contributed by atoms with Crippen molar-refractivity contribution in [1.82, 2.24) is 5.32 Å². The Labute approximate surface area is 78.9 Å². The van der Waals surface area contributed by atoms with Crippen molar-refractivity contribution in [3.05, 3.63) is 29.6 Å². The highest BCUT2D eigenvalue weighted by atomic mass is 19.1. The summed E-state index contributed by atoms with van der Waals surface area (Å²) in [6, 6.07) is 2.98. The van der Waals surface area contributed by atoms with Gasteiger partial charge < -0.3 is 5.11 Å². The van der Waals surface area contributed by atoms with Crippen LogP contribution in [-0.4, -0.2) is 17.0 Å². The van der Waals surface area contributed by atoms with Crippen LogP contribution in [0.5, 0.6) is 5.75 Å². The molecule has 0 fully saturated rings. The lowest BCUT2D eigenvalue weighted by atomic mass is 10.2. The van der Waals surface area contributed by atoms with Crippen LogP contribution in [0.2, 0.25) is 0 Å². The Hall–Kier alpha value is -2.11. The third kappa shape index (κ3) is 2.19. The number of nitrogens with two attached hydrogens (primary N) is 2. The molecule has 1 amide bonds. The molecule has 1 aromatic rings. The highest BCUT2D eigenvalue weighted by molar-refractivity contribution is 6.05. The van der Waals surface area contributed by atoms with Crippen molar-refractivity contribution in [2.24, 2.45) is 5.73 Å². The molecule has 0 aliphatic heterocycles. The fourth-order valence-corrected chi connectivity index (χ4v) is 0.889. The van der Waals surface area contributed by atoms with Gasteiger partial charge in [-0.3, -0.25) is 15.9 Å². The number of hydrogen-bond acceptors (Lipinski definition) is 2. The van der Waals surface area contributed by atoms with E-state index in [1.165, 1.54) is 0 Å². The number of nitrogens with one attached hydrogen (secondary N) is 1. The number of hydrogen-bond donors (Lipinski definition) is 4. The predicted molar refractivity (Wildman–Crippen MR) is 46.7 cm³/mol.